The SMILES string of the molecule is COC(=O)c1cc(F)ccc1Cn1cnc2c1c(=O)n(C)c(=O)n2C. The number of esters is 1. The van der Waals surface area contributed by atoms with Crippen molar-refractivity contribution in [3.8, 4) is 0 Å². The van der Waals surface area contributed by atoms with Crippen molar-refractivity contribution in [2.45, 2.75) is 6.54 Å². The summed E-state index contributed by atoms with van der Waals surface area (Å²) in [6.45, 7) is 0.0919. The summed E-state index contributed by atoms with van der Waals surface area (Å²) in [4.78, 5) is 40.4. The molecule has 0 saturated heterocycles. The first-order chi connectivity index (χ1) is 11.8. The van der Waals surface area contributed by atoms with Gasteiger partial charge >= 0.3 is 11.7 Å². The van der Waals surface area contributed by atoms with E-state index in [2.05, 4.69) is 9.72 Å². The van der Waals surface area contributed by atoms with Crippen LogP contribution in [0.3, 0.4) is 0 Å². The first-order valence-electron chi connectivity index (χ1n) is 7.32. The van der Waals surface area contributed by atoms with Gasteiger partial charge in [-0.2, -0.15) is 0 Å². The standard InChI is InChI=1S/C16H15FN4O4/c1-19-13-12(14(22)20(2)16(19)24)21(8-18-13)7-9-4-5-10(17)6-11(9)15(23)25-3/h4-6,8H,7H2,1-3H3. The van der Waals surface area contributed by atoms with Crippen molar-refractivity contribution in [3.05, 3.63) is 62.3 Å². The number of hydrogen-bond acceptors (Lipinski definition) is 5. The summed E-state index contributed by atoms with van der Waals surface area (Å²) in [6.07, 6.45) is 1.40. The Balaban J connectivity index is 2.20. The number of carbonyl (C=O) groups is 1. The van der Waals surface area contributed by atoms with E-state index in [9.17, 15) is 18.8 Å². The minimum Gasteiger partial charge on any atom is -0.465 e. The van der Waals surface area contributed by atoms with Crippen LogP contribution in [0, 0.1) is 5.82 Å². The second kappa shape index (κ2) is 6.00. The van der Waals surface area contributed by atoms with Crippen LogP contribution < -0.4 is 11.2 Å². The molecule has 2 heterocycles. The number of halogens is 1. The number of imidazole rings is 1. The molecule has 0 spiro atoms. The van der Waals surface area contributed by atoms with E-state index >= 15 is 0 Å². The molecule has 0 aliphatic heterocycles. The summed E-state index contributed by atoms with van der Waals surface area (Å²) in [7, 11) is 4.09. The Morgan fingerprint density at radius 2 is 1.96 bits per heavy atom. The molecule has 0 atom stereocenters. The lowest BCUT2D eigenvalue weighted by molar-refractivity contribution is 0.0599. The van der Waals surface area contributed by atoms with E-state index in [1.807, 2.05) is 0 Å². The highest BCUT2D eigenvalue weighted by Crippen LogP contribution is 2.16. The number of rotatable bonds is 3. The highest BCUT2D eigenvalue weighted by atomic mass is 19.1. The third kappa shape index (κ3) is 2.63. The average Bonchev–Trinajstić information content (AvgIpc) is 3.02. The summed E-state index contributed by atoms with van der Waals surface area (Å²) in [5.74, 6) is -1.25. The van der Waals surface area contributed by atoms with Crippen LogP contribution in [0.2, 0.25) is 0 Å². The zero-order chi connectivity index (χ0) is 18.3. The number of ether oxygens (including phenoxy) is 1. The Hall–Kier alpha value is -3.23. The third-order valence-corrected chi connectivity index (χ3v) is 4.04. The van der Waals surface area contributed by atoms with Crippen LogP contribution >= 0.6 is 0 Å². The van der Waals surface area contributed by atoms with Gasteiger partial charge in [0.2, 0.25) is 0 Å². The van der Waals surface area contributed by atoms with Crippen molar-refractivity contribution in [1.29, 1.82) is 0 Å². The molecule has 0 aliphatic rings. The molecule has 0 fully saturated rings. The van der Waals surface area contributed by atoms with Gasteiger partial charge in [0.05, 0.1) is 25.5 Å². The molecule has 9 heteroatoms. The van der Waals surface area contributed by atoms with Gasteiger partial charge in [-0.25, -0.2) is 19.0 Å². The fraction of sp³-hybridized carbons (Fsp3) is 0.250. The maximum atomic E-state index is 13.5. The molecular weight excluding hydrogens is 331 g/mol. The van der Waals surface area contributed by atoms with Crippen LogP contribution in [-0.4, -0.2) is 31.8 Å². The van der Waals surface area contributed by atoms with Gasteiger partial charge in [-0.05, 0) is 17.7 Å². The van der Waals surface area contributed by atoms with Crippen molar-refractivity contribution < 1.29 is 13.9 Å². The summed E-state index contributed by atoms with van der Waals surface area (Å²) in [5, 5.41) is 0. The number of hydrogen-bond donors (Lipinski definition) is 0. The Morgan fingerprint density at radius 1 is 1.24 bits per heavy atom. The van der Waals surface area contributed by atoms with Crippen LogP contribution in [0.4, 0.5) is 4.39 Å². The van der Waals surface area contributed by atoms with E-state index in [1.165, 1.54) is 48.8 Å². The molecule has 0 aliphatic carbocycles. The number of nitrogens with zero attached hydrogens (tertiary/aromatic N) is 4. The number of methoxy groups -OCH3 is 1. The van der Waals surface area contributed by atoms with E-state index < -0.39 is 23.0 Å². The lowest BCUT2D eigenvalue weighted by atomic mass is 10.1. The predicted octanol–water partition coefficient (Wildman–Crippen LogP) is 0.408. The van der Waals surface area contributed by atoms with Gasteiger partial charge in [0, 0.05) is 14.1 Å². The summed E-state index contributed by atoms with van der Waals surface area (Å²) < 4.78 is 21.9. The molecule has 3 aromatic rings. The Morgan fingerprint density at radius 3 is 2.64 bits per heavy atom. The maximum absolute atomic E-state index is 13.5. The van der Waals surface area contributed by atoms with Gasteiger partial charge in [-0.15, -0.1) is 0 Å². The first kappa shape index (κ1) is 16.6. The van der Waals surface area contributed by atoms with Crippen molar-refractivity contribution in [1.82, 2.24) is 18.7 Å². The molecule has 25 heavy (non-hydrogen) atoms. The Labute approximate surface area is 140 Å². The van der Waals surface area contributed by atoms with Gasteiger partial charge < -0.3 is 9.30 Å². The molecular formula is C16H15FN4O4. The van der Waals surface area contributed by atoms with Gasteiger partial charge in [-0.3, -0.25) is 13.9 Å². The molecule has 8 nitrogen and oxygen atoms in total. The largest absolute Gasteiger partial charge is 0.465 e. The summed E-state index contributed by atoms with van der Waals surface area (Å²) >= 11 is 0. The zero-order valence-corrected chi connectivity index (χ0v) is 13.8. The fourth-order valence-corrected chi connectivity index (χ4v) is 2.69. The molecule has 3 rings (SSSR count). The average molecular weight is 346 g/mol. The second-order valence-electron chi connectivity index (χ2n) is 5.54. The molecule has 1 aromatic carbocycles. The molecule has 0 bridgehead atoms. The third-order valence-electron chi connectivity index (χ3n) is 4.04. The van der Waals surface area contributed by atoms with Crippen molar-refractivity contribution in [3.63, 3.8) is 0 Å². The van der Waals surface area contributed by atoms with Crippen LogP contribution in [0.5, 0.6) is 0 Å². The zero-order valence-electron chi connectivity index (χ0n) is 13.8. The van der Waals surface area contributed by atoms with E-state index in [4.69, 9.17) is 0 Å². The number of benzene rings is 1. The lowest BCUT2D eigenvalue weighted by Crippen LogP contribution is -2.37. The molecule has 130 valence electrons. The first-order valence-corrected chi connectivity index (χ1v) is 7.32. The molecule has 0 saturated carbocycles. The van der Waals surface area contributed by atoms with Crippen LogP contribution in [0.1, 0.15) is 15.9 Å². The summed E-state index contributed by atoms with van der Waals surface area (Å²) in [6, 6.07) is 3.74. The Bertz CT molecular complexity index is 1110. The lowest BCUT2D eigenvalue weighted by Gasteiger charge is -2.10. The van der Waals surface area contributed by atoms with E-state index in [-0.39, 0.29) is 23.3 Å². The van der Waals surface area contributed by atoms with Gasteiger partial charge in [-0.1, -0.05) is 6.07 Å². The molecule has 0 amide bonds. The molecule has 0 unspecified atom stereocenters. The smallest absolute Gasteiger partial charge is 0.338 e. The van der Waals surface area contributed by atoms with Crippen LogP contribution in [0.15, 0.2) is 34.1 Å². The highest BCUT2D eigenvalue weighted by molar-refractivity contribution is 5.91. The van der Waals surface area contributed by atoms with E-state index in [0.717, 1.165) is 10.6 Å². The second-order valence-corrected chi connectivity index (χ2v) is 5.54. The minimum absolute atomic E-state index is 0.0611. The predicted molar refractivity (Wildman–Crippen MR) is 87.1 cm³/mol. The number of fused-ring (bicyclic) bond motifs is 1. The fourth-order valence-electron chi connectivity index (χ4n) is 2.69. The van der Waals surface area contributed by atoms with Crippen molar-refractivity contribution in [2.24, 2.45) is 14.1 Å². The maximum Gasteiger partial charge on any atom is 0.338 e. The van der Waals surface area contributed by atoms with Crippen LogP contribution in [-0.2, 0) is 25.4 Å². The van der Waals surface area contributed by atoms with Gasteiger partial charge in [0.25, 0.3) is 5.56 Å². The minimum atomic E-state index is -0.681. The van der Waals surface area contributed by atoms with Crippen molar-refractivity contribution in [2.75, 3.05) is 7.11 Å². The van der Waals surface area contributed by atoms with Crippen LogP contribution in [0.25, 0.3) is 11.2 Å². The van der Waals surface area contributed by atoms with Crippen molar-refractivity contribution >= 4 is 17.1 Å². The summed E-state index contributed by atoms with van der Waals surface area (Å²) in [5.41, 5.74) is -0.0221. The van der Waals surface area contributed by atoms with Gasteiger partial charge in [0.1, 0.15) is 5.82 Å². The number of carbonyl (C=O) groups excluding carboxylic acids is 1. The molecule has 0 N–H and O–H groups in total. The quantitative estimate of drug-likeness (QED) is 0.641. The monoisotopic (exact) mass is 346 g/mol. The highest BCUT2D eigenvalue weighted by Gasteiger charge is 2.17. The molecule has 0 radical (unpaired) electrons. The number of aryl methyl sites for hydroxylation is 1. The van der Waals surface area contributed by atoms with E-state index in [1.54, 1.807) is 0 Å². The Kier molecular flexibility index (Phi) is 3.99. The van der Waals surface area contributed by atoms with Gasteiger partial charge in [0.15, 0.2) is 11.2 Å². The normalized spacial score (nSPS) is 11.0. The number of aromatic nitrogens is 4. The topological polar surface area (TPSA) is 88.1 Å². The van der Waals surface area contributed by atoms with E-state index in [0.29, 0.717) is 5.56 Å². The molecule has 2 aromatic heterocycles.